The Balaban J connectivity index is 3.37. The Bertz CT molecular complexity index is 1310. The molecule has 0 bridgehead atoms. The van der Waals surface area contributed by atoms with Gasteiger partial charge < -0.3 is 20.3 Å². The van der Waals surface area contributed by atoms with Gasteiger partial charge in [0.2, 0.25) is 5.91 Å². The van der Waals surface area contributed by atoms with Gasteiger partial charge in [-0.3, -0.25) is 9.59 Å². The molecule has 0 saturated carbocycles. The Kier molecular flexibility index (Phi) is 68.9. The van der Waals surface area contributed by atoms with Crippen LogP contribution in [0, 0.1) is 0 Å². The first-order chi connectivity index (χ1) is 40.0. The second kappa shape index (κ2) is 70.6. The standard InChI is InChI=1S/C75H143NO5/c1-3-5-7-9-11-13-15-17-19-21-36-39-43-47-51-55-59-63-67-73(78)72(71-77)76-74(79)68-64-60-56-52-48-44-40-37-34-32-30-28-26-24-22-23-25-27-29-31-33-35-38-42-46-50-54-58-62-66-70-81-75(80)69-65-61-57-53-49-45-41-20-18-16-14-12-10-8-6-4-2/h14,16,20,23,25,41,72-73,77-78H,3-13,15,17-19,21-22,24,26-40,42-71H2,1-2H3,(H,76,79)/b16-14-,25-23-,41-20-. The molecule has 2 atom stereocenters. The number of carbonyl (C=O) groups is 2. The van der Waals surface area contributed by atoms with Crippen LogP contribution in [0.25, 0.3) is 0 Å². The summed E-state index contributed by atoms with van der Waals surface area (Å²) in [7, 11) is 0. The van der Waals surface area contributed by atoms with Crippen LogP contribution in [0.5, 0.6) is 0 Å². The molecule has 1 amide bonds. The SMILES string of the molecule is CCCCCC/C=C\C/C=C\CCCCCCCC(=O)OCCCCCCCCCCCCCC/C=C\CCCCCCCCCCCCCCCCC(=O)NC(CO)C(O)CCCCCCCCCCCCCCCCCCCC. The molecule has 6 nitrogen and oxygen atoms in total. The third-order valence-electron chi connectivity index (χ3n) is 17.2. The van der Waals surface area contributed by atoms with Gasteiger partial charge in [-0.05, 0) is 83.5 Å². The molecule has 0 aromatic rings. The third-order valence-corrected chi connectivity index (χ3v) is 17.2. The molecular formula is C75H143NO5. The van der Waals surface area contributed by atoms with Gasteiger partial charge in [-0.2, -0.15) is 0 Å². The van der Waals surface area contributed by atoms with Crippen LogP contribution < -0.4 is 5.32 Å². The molecule has 0 fully saturated rings. The van der Waals surface area contributed by atoms with Gasteiger partial charge in [0.25, 0.3) is 0 Å². The summed E-state index contributed by atoms with van der Waals surface area (Å²) in [5.41, 5.74) is 0. The number of unbranched alkanes of at least 4 members (excludes halogenated alkanes) is 52. The molecular weight excluding hydrogens is 995 g/mol. The van der Waals surface area contributed by atoms with Crippen molar-refractivity contribution >= 4 is 11.9 Å². The highest BCUT2D eigenvalue weighted by Crippen LogP contribution is 2.19. The molecule has 0 spiro atoms. The largest absolute Gasteiger partial charge is 0.466 e. The lowest BCUT2D eigenvalue weighted by Crippen LogP contribution is -2.45. The Morgan fingerprint density at radius 1 is 0.346 bits per heavy atom. The van der Waals surface area contributed by atoms with E-state index in [0.717, 1.165) is 51.4 Å². The summed E-state index contributed by atoms with van der Waals surface area (Å²) in [6.45, 7) is 4.97. The van der Waals surface area contributed by atoms with Gasteiger partial charge in [0.15, 0.2) is 0 Å². The van der Waals surface area contributed by atoms with Crippen molar-refractivity contribution in [3.05, 3.63) is 36.5 Å². The van der Waals surface area contributed by atoms with E-state index in [0.29, 0.717) is 25.9 Å². The molecule has 0 aromatic carbocycles. The highest BCUT2D eigenvalue weighted by molar-refractivity contribution is 5.76. The Morgan fingerprint density at radius 3 is 0.963 bits per heavy atom. The molecule has 0 rings (SSSR count). The van der Waals surface area contributed by atoms with E-state index in [1.54, 1.807) is 0 Å². The van der Waals surface area contributed by atoms with Crippen molar-refractivity contribution < 1.29 is 24.5 Å². The van der Waals surface area contributed by atoms with Gasteiger partial charge in [0.1, 0.15) is 0 Å². The summed E-state index contributed by atoms with van der Waals surface area (Å²) < 4.78 is 5.49. The van der Waals surface area contributed by atoms with E-state index in [4.69, 9.17) is 4.74 Å². The minimum absolute atomic E-state index is 0.00414. The number of allylic oxidation sites excluding steroid dienone is 6. The molecule has 0 radical (unpaired) electrons. The van der Waals surface area contributed by atoms with Crippen LogP contribution in [0.2, 0.25) is 0 Å². The predicted molar refractivity (Wildman–Crippen MR) is 356 cm³/mol. The van der Waals surface area contributed by atoms with E-state index in [9.17, 15) is 19.8 Å². The first-order valence-corrected chi connectivity index (χ1v) is 36.7. The van der Waals surface area contributed by atoms with Crippen LogP contribution in [0.3, 0.4) is 0 Å². The summed E-state index contributed by atoms with van der Waals surface area (Å²) in [5.74, 6) is -0.0257. The Labute approximate surface area is 506 Å². The van der Waals surface area contributed by atoms with Crippen molar-refractivity contribution in [2.45, 2.75) is 418 Å². The minimum atomic E-state index is -0.664. The van der Waals surface area contributed by atoms with Gasteiger partial charge >= 0.3 is 5.97 Å². The first-order valence-electron chi connectivity index (χ1n) is 36.7. The number of hydrogen-bond donors (Lipinski definition) is 3. The summed E-state index contributed by atoms with van der Waals surface area (Å²) >= 11 is 0. The smallest absolute Gasteiger partial charge is 0.305 e. The summed E-state index contributed by atoms with van der Waals surface area (Å²) in [6, 6.07) is -0.541. The maximum Gasteiger partial charge on any atom is 0.305 e. The lowest BCUT2D eigenvalue weighted by Gasteiger charge is -2.22. The highest BCUT2D eigenvalue weighted by Gasteiger charge is 2.20. The van der Waals surface area contributed by atoms with Gasteiger partial charge in [-0.1, -0.05) is 346 Å². The molecule has 81 heavy (non-hydrogen) atoms. The van der Waals surface area contributed by atoms with Crippen LogP contribution in [0.15, 0.2) is 36.5 Å². The Morgan fingerprint density at radius 2 is 0.617 bits per heavy atom. The molecule has 478 valence electrons. The number of aliphatic hydroxyl groups is 2. The fourth-order valence-corrected chi connectivity index (χ4v) is 11.6. The molecule has 0 heterocycles. The maximum atomic E-state index is 12.5. The molecule has 2 unspecified atom stereocenters. The number of hydrogen-bond acceptors (Lipinski definition) is 5. The van der Waals surface area contributed by atoms with Gasteiger partial charge in [-0.15, -0.1) is 0 Å². The van der Waals surface area contributed by atoms with Crippen LogP contribution in [-0.4, -0.2) is 47.4 Å². The van der Waals surface area contributed by atoms with Crippen molar-refractivity contribution in [3.8, 4) is 0 Å². The van der Waals surface area contributed by atoms with Crippen LogP contribution in [-0.2, 0) is 14.3 Å². The fraction of sp³-hybridized carbons (Fsp3) is 0.893. The van der Waals surface area contributed by atoms with Crippen LogP contribution in [0.4, 0.5) is 0 Å². The Hall–Kier alpha value is -1.92. The molecule has 0 aliphatic heterocycles. The van der Waals surface area contributed by atoms with Crippen LogP contribution in [0.1, 0.15) is 406 Å². The molecule has 0 aromatic heterocycles. The average molecular weight is 1140 g/mol. The van der Waals surface area contributed by atoms with Crippen molar-refractivity contribution in [1.29, 1.82) is 0 Å². The van der Waals surface area contributed by atoms with Crippen LogP contribution >= 0.6 is 0 Å². The molecule has 3 N–H and O–H groups in total. The molecule has 6 heteroatoms. The quantitative estimate of drug-likeness (QED) is 0.0320. The summed E-state index contributed by atoms with van der Waals surface area (Å²) in [6.07, 6.45) is 90.6. The maximum absolute atomic E-state index is 12.5. The number of rotatable bonds is 69. The highest BCUT2D eigenvalue weighted by atomic mass is 16.5. The zero-order valence-corrected chi connectivity index (χ0v) is 54.8. The lowest BCUT2D eigenvalue weighted by molar-refractivity contribution is -0.143. The summed E-state index contributed by atoms with van der Waals surface area (Å²) in [5, 5.41) is 23.4. The normalized spacial score (nSPS) is 12.7. The van der Waals surface area contributed by atoms with E-state index < -0.39 is 12.1 Å². The third kappa shape index (κ3) is 67.1. The molecule has 0 aliphatic rings. The van der Waals surface area contributed by atoms with Crippen molar-refractivity contribution in [2.24, 2.45) is 0 Å². The summed E-state index contributed by atoms with van der Waals surface area (Å²) in [4.78, 5) is 24.6. The van der Waals surface area contributed by atoms with Gasteiger partial charge in [0, 0.05) is 12.8 Å². The average Bonchev–Trinajstić information content (AvgIpc) is 3.47. The van der Waals surface area contributed by atoms with E-state index in [2.05, 4.69) is 55.6 Å². The fourth-order valence-electron chi connectivity index (χ4n) is 11.6. The lowest BCUT2D eigenvalue weighted by atomic mass is 10.0. The van der Waals surface area contributed by atoms with E-state index >= 15 is 0 Å². The number of ether oxygens (including phenoxy) is 1. The van der Waals surface area contributed by atoms with E-state index in [-0.39, 0.29) is 18.5 Å². The van der Waals surface area contributed by atoms with Gasteiger partial charge in [-0.25, -0.2) is 0 Å². The number of nitrogens with one attached hydrogen (secondary N) is 1. The second-order valence-electron chi connectivity index (χ2n) is 25.3. The molecule has 0 aliphatic carbocycles. The topological polar surface area (TPSA) is 95.9 Å². The van der Waals surface area contributed by atoms with Crippen molar-refractivity contribution in [1.82, 2.24) is 5.32 Å². The van der Waals surface area contributed by atoms with E-state index in [1.807, 2.05) is 0 Å². The minimum Gasteiger partial charge on any atom is -0.466 e. The number of carbonyl (C=O) groups excluding carboxylic acids is 2. The number of aliphatic hydroxyl groups excluding tert-OH is 2. The van der Waals surface area contributed by atoms with Crippen molar-refractivity contribution in [3.63, 3.8) is 0 Å². The van der Waals surface area contributed by atoms with E-state index in [1.165, 1.54) is 321 Å². The van der Waals surface area contributed by atoms with Gasteiger partial charge in [0.05, 0.1) is 25.4 Å². The predicted octanol–water partition coefficient (Wildman–Crippen LogP) is 23.9. The number of esters is 1. The first kappa shape index (κ1) is 79.1. The zero-order chi connectivity index (χ0) is 58.5. The molecule has 0 saturated heterocycles. The second-order valence-corrected chi connectivity index (χ2v) is 25.3. The number of amides is 1. The zero-order valence-electron chi connectivity index (χ0n) is 54.8. The van der Waals surface area contributed by atoms with Crippen molar-refractivity contribution in [2.75, 3.05) is 13.2 Å². The monoisotopic (exact) mass is 1140 g/mol.